The molecule has 1 aliphatic rings. The molecule has 25 heavy (non-hydrogen) atoms. The summed E-state index contributed by atoms with van der Waals surface area (Å²) in [6, 6.07) is 7.27. The van der Waals surface area contributed by atoms with Gasteiger partial charge in [0.2, 0.25) is 5.75 Å². The SMILES string of the molecule is COc1cccc(OC)c1OC1CCN(C(=O)c2ccoc2C)CC1. The van der Waals surface area contributed by atoms with Crippen molar-refractivity contribution in [3.8, 4) is 17.2 Å². The summed E-state index contributed by atoms with van der Waals surface area (Å²) in [6.45, 7) is 3.09. The van der Waals surface area contributed by atoms with Crippen molar-refractivity contribution in [3.05, 3.63) is 41.9 Å². The smallest absolute Gasteiger partial charge is 0.257 e. The van der Waals surface area contributed by atoms with Crippen LogP contribution < -0.4 is 14.2 Å². The van der Waals surface area contributed by atoms with Crippen LogP contribution in [0.2, 0.25) is 0 Å². The monoisotopic (exact) mass is 345 g/mol. The topological polar surface area (TPSA) is 61.1 Å². The molecule has 1 aliphatic heterocycles. The quantitative estimate of drug-likeness (QED) is 0.832. The van der Waals surface area contributed by atoms with Crippen molar-refractivity contribution in [1.29, 1.82) is 0 Å². The second-order valence-corrected chi connectivity index (χ2v) is 5.99. The fourth-order valence-electron chi connectivity index (χ4n) is 3.05. The summed E-state index contributed by atoms with van der Waals surface area (Å²) >= 11 is 0. The number of benzene rings is 1. The van der Waals surface area contributed by atoms with Crippen LogP contribution in [0.3, 0.4) is 0 Å². The van der Waals surface area contributed by atoms with E-state index in [1.807, 2.05) is 23.1 Å². The molecule has 1 amide bonds. The first kappa shape index (κ1) is 17.2. The van der Waals surface area contributed by atoms with E-state index in [1.165, 1.54) is 0 Å². The van der Waals surface area contributed by atoms with Crippen molar-refractivity contribution in [2.45, 2.75) is 25.9 Å². The number of rotatable bonds is 5. The maximum Gasteiger partial charge on any atom is 0.257 e. The normalized spacial score (nSPS) is 15.1. The Labute approximate surface area is 147 Å². The highest BCUT2D eigenvalue weighted by Gasteiger charge is 2.27. The lowest BCUT2D eigenvalue weighted by atomic mass is 10.1. The summed E-state index contributed by atoms with van der Waals surface area (Å²) in [5, 5.41) is 0. The standard InChI is InChI=1S/C19H23NO5/c1-13-15(9-12-24-13)19(21)20-10-7-14(8-11-20)25-18-16(22-2)5-4-6-17(18)23-3/h4-6,9,12,14H,7-8,10-11H2,1-3H3. The number of amides is 1. The van der Waals surface area contributed by atoms with Crippen LogP contribution in [0.1, 0.15) is 29.0 Å². The van der Waals surface area contributed by atoms with E-state index in [2.05, 4.69) is 0 Å². The van der Waals surface area contributed by atoms with Gasteiger partial charge in [-0.25, -0.2) is 0 Å². The molecule has 0 atom stereocenters. The lowest BCUT2D eigenvalue weighted by Crippen LogP contribution is -2.41. The van der Waals surface area contributed by atoms with Gasteiger partial charge in [0, 0.05) is 25.9 Å². The van der Waals surface area contributed by atoms with Crippen LogP contribution in [0.5, 0.6) is 17.2 Å². The third kappa shape index (κ3) is 3.57. The Kier molecular flexibility index (Phi) is 5.16. The van der Waals surface area contributed by atoms with E-state index in [9.17, 15) is 4.79 Å². The predicted molar refractivity (Wildman–Crippen MR) is 92.5 cm³/mol. The molecule has 3 rings (SSSR count). The van der Waals surface area contributed by atoms with Crippen molar-refractivity contribution >= 4 is 5.91 Å². The number of furan rings is 1. The first-order valence-corrected chi connectivity index (χ1v) is 8.35. The average Bonchev–Trinajstić information content (AvgIpc) is 3.08. The molecule has 0 spiro atoms. The molecular weight excluding hydrogens is 322 g/mol. The van der Waals surface area contributed by atoms with Crippen LogP contribution in [-0.2, 0) is 0 Å². The van der Waals surface area contributed by atoms with Gasteiger partial charge in [0.1, 0.15) is 11.9 Å². The third-order valence-corrected chi connectivity index (χ3v) is 4.49. The molecule has 134 valence electrons. The van der Waals surface area contributed by atoms with Gasteiger partial charge in [-0.05, 0) is 25.1 Å². The van der Waals surface area contributed by atoms with Crippen LogP contribution in [0.4, 0.5) is 0 Å². The molecule has 0 N–H and O–H groups in total. The summed E-state index contributed by atoms with van der Waals surface area (Å²) in [4.78, 5) is 14.4. The van der Waals surface area contributed by atoms with Gasteiger partial charge in [-0.3, -0.25) is 4.79 Å². The molecule has 2 heterocycles. The van der Waals surface area contributed by atoms with Crippen LogP contribution in [0.25, 0.3) is 0 Å². The summed E-state index contributed by atoms with van der Waals surface area (Å²) in [5.74, 6) is 2.57. The third-order valence-electron chi connectivity index (χ3n) is 4.49. The van der Waals surface area contributed by atoms with Crippen LogP contribution in [0, 0.1) is 6.92 Å². The molecule has 1 aromatic carbocycles. The van der Waals surface area contributed by atoms with E-state index in [-0.39, 0.29) is 12.0 Å². The van der Waals surface area contributed by atoms with Crippen molar-refractivity contribution in [1.82, 2.24) is 4.90 Å². The zero-order valence-electron chi connectivity index (χ0n) is 14.8. The molecule has 0 radical (unpaired) electrons. The summed E-state index contributed by atoms with van der Waals surface area (Å²) < 4.78 is 22.1. The highest BCUT2D eigenvalue weighted by Crippen LogP contribution is 2.38. The maximum atomic E-state index is 12.5. The van der Waals surface area contributed by atoms with E-state index in [0.717, 1.165) is 12.8 Å². The summed E-state index contributed by atoms with van der Waals surface area (Å²) in [5.41, 5.74) is 0.630. The van der Waals surface area contributed by atoms with Gasteiger partial charge in [0.15, 0.2) is 11.5 Å². The Morgan fingerprint density at radius 1 is 1.12 bits per heavy atom. The van der Waals surface area contributed by atoms with E-state index in [1.54, 1.807) is 33.5 Å². The van der Waals surface area contributed by atoms with Gasteiger partial charge in [0.05, 0.1) is 26.0 Å². The lowest BCUT2D eigenvalue weighted by molar-refractivity contribution is 0.0583. The van der Waals surface area contributed by atoms with Crippen molar-refractivity contribution in [2.75, 3.05) is 27.3 Å². The number of nitrogens with zero attached hydrogens (tertiary/aromatic N) is 1. The van der Waals surface area contributed by atoms with E-state index >= 15 is 0 Å². The molecule has 6 heteroatoms. The maximum absolute atomic E-state index is 12.5. The average molecular weight is 345 g/mol. The molecule has 1 fully saturated rings. The van der Waals surface area contributed by atoms with Gasteiger partial charge in [-0.1, -0.05) is 6.07 Å². The van der Waals surface area contributed by atoms with Crippen LogP contribution >= 0.6 is 0 Å². The molecule has 1 aromatic heterocycles. The Hall–Kier alpha value is -2.63. The number of methoxy groups -OCH3 is 2. The first-order chi connectivity index (χ1) is 12.1. The van der Waals surface area contributed by atoms with E-state index in [0.29, 0.717) is 41.7 Å². The number of ether oxygens (including phenoxy) is 3. The van der Waals surface area contributed by atoms with Gasteiger partial charge in [-0.15, -0.1) is 0 Å². The summed E-state index contributed by atoms with van der Waals surface area (Å²) in [6.07, 6.45) is 3.07. The number of hydrogen-bond donors (Lipinski definition) is 0. The van der Waals surface area contributed by atoms with Crippen molar-refractivity contribution in [3.63, 3.8) is 0 Å². The van der Waals surface area contributed by atoms with Gasteiger partial charge < -0.3 is 23.5 Å². The zero-order chi connectivity index (χ0) is 17.8. The minimum Gasteiger partial charge on any atom is -0.493 e. The van der Waals surface area contributed by atoms with Crippen LogP contribution in [0.15, 0.2) is 34.9 Å². The fraction of sp³-hybridized carbons (Fsp3) is 0.421. The minimum atomic E-state index is 0.0135. The molecule has 6 nitrogen and oxygen atoms in total. The van der Waals surface area contributed by atoms with E-state index in [4.69, 9.17) is 18.6 Å². The summed E-state index contributed by atoms with van der Waals surface area (Å²) in [7, 11) is 3.21. The fourth-order valence-corrected chi connectivity index (χ4v) is 3.05. The number of hydrogen-bond acceptors (Lipinski definition) is 5. The number of piperidine rings is 1. The van der Waals surface area contributed by atoms with Gasteiger partial charge in [0.25, 0.3) is 5.91 Å². The Bertz CT molecular complexity index is 709. The molecule has 0 unspecified atom stereocenters. The van der Waals surface area contributed by atoms with Crippen molar-refractivity contribution in [2.24, 2.45) is 0 Å². The van der Waals surface area contributed by atoms with Crippen LogP contribution in [-0.4, -0.2) is 44.2 Å². The molecule has 0 saturated carbocycles. The molecular formula is C19H23NO5. The minimum absolute atomic E-state index is 0.0135. The number of carbonyl (C=O) groups is 1. The van der Waals surface area contributed by atoms with Crippen molar-refractivity contribution < 1.29 is 23.4 Å². The highest BCUT2D eigenvalue weighted by atomic mass is 16.5. The Morgan fingerprint density at radius 2 is 1.76 bits per heavy atom. The molecule has 0 aliphatic carbocycles. The number of likely N-dealkylation sites (tertiary alicyclic amines) is 1. The van der Waals surface area contributed by atoms with Gasteiger partial charge >= 0.3 is 0 Å². The Morgan fingerprint density at radius 3 is 2.28 bits per heavy atom. The Balaban J connectivity index is 1.64. The largest absolute Gasteiger partial charge is 0.493 e. The molecule has 0 bridgehead atoms. The molecule has 2 aromatic rings. The lowest BCUT2D eigenvalue weighted by Gasteiger charge is -2.32. The number of aryl methyl sites for hydroxylation is 1. The van der Waals surface area contributed by atoms with E-state index < -0.39 is 0 Å². The highest BCUT2D eigenvalue weighted by molar-refractivity contribution is 5.95. The molecule has 1 saturated heterocycles. The second-order valence-electron chi connectivity index (χ2n) is 5.99. The second kappa shape index (κ2) is 7.51. The number of para-hydroxylation sites is 1. The zero-order valence-corrected chi connectivity index (χ0v) is 14.8. The first-order valence-electron chi connectivity index (χ1n) is 8.35. The van der Waals surface area contributed by atoms with Gasteiger partial charge in [-0.2, -0.15) is 0 Å². The predicted octanol–water partition coefficient (Wildman–Crippen LogP) is 3.29. The number of carbonyl (C=O) groups excluding carboxylic acids is 1.